The van der Waals surface area contributed by atoms with Crippen LogP contribution in [-0.2, 0) is 4.74 Å². The summed E-state index contributed by atoms with van der Waals surface area (Å²) in [5.74, 6) is -2.80. The highest BCUT2D eigenvalue weighted by Crippen LogP contribution is 2.21. The summed E-state index contributed by atoms with van der Waals surface area (Å²) in [6.07, 6.45) is 1.60. The highest BCUT2D eigenvalue weighted by Gasteiger charge is 2.22. The molecule has 1 atom stereocenters. The van der Waals surface area contributed by atoms with E-state index in [1.807, 2.05) is 0 Å². The molecule has 1 aromatic carbocycles. The van der Waals surface area contributed by atoms with Gasteiger partial charge in [0, 0.05) is 19.8 Å². The van der Waals surface area contributed by atoms with Crippen LogP contribution in [0.15, 0.2) is 12.1 Å². The van der Waals surface area contributed by atoms with Crippen LogP contribution in [0.4, 0.5) is 14.5 Å². The molecule has 1 N–H and O–H groups in total. The van der Waals surface area contributed by atoms with E-state index in [1.54, 1.807) is 0 Å². The van der Waals surface area contributed by atoms with Gasteiger partial charge in [-0.05, 0) is 24.8 Å². The first-order chi connectivity index (χ1) is 9.99. The average Bonchev–Trinajstić information content (AvgIpc) is 2.93. The van der Waals surface area contributed by atoms with Gasteiger partial charge in [0.2, 0.25) is 5.82 Å². The van der Waals surface area contributed by atoms with E-state index in [4.69, 9.17) is 4.74 Å². The van der Waals surface area contributed by atoms with E-state index < -0.39 is 33.7 Å². The van der Waals surface area contributed by atoms with Gasteiger partial charge in [-0.2, -0.15) is 4.39 Å². The predicted octanol–water partition coefficient (Wildman–Crippen LogP) is 2.03. The van der Waals surface area contributed by atoms with E-state index >= 15 is 0 Å². The molecule has 0 saturated carbocycles. The quantitative estimate of drug-likeness (QED) is 0.666. The maximum absolute atomic E-state index is 13.6. The highest BCUT2D eigenvalue weighted by atomic mass is 19.1. The van der Waals surface area contributed by atoms with Gasteiger partial charge < -0.3 is 10.1 Å². The van der Waals surface area contributed by atoms with Crippen LogP contribution in [0, 0.1) is 27.7 Å². The van der Waals surface area contributed by atoms with Crippen molar-refractivity contribution in [2.45, 2.75) is 12.8 Å². The average molecular weight is 300 g/mol. The van der Waals surface area contributed by atoms with E-state index in [9.17, 15) is 23.7 Å². The third-order valence-electron chi connectivity index (χ3n) is 3.34. The second-order valence-electron chi connectivity index (χ2n) is 4.81. The summed E-state index contributed by atoms with van der Waals surface area (Å²) in [5, 5.41) is 12.9. The van der Waals surface area contributed by atoms with Crippen LogP contribution >= 0.6 is 0 Å². The fourth-order valence-electron chi connectivity index (χ4n) is 2.15. The van der Waals surface area contributed by atoms with Gasteiger partial charge in [-0.25, -0.2) is 4.39 Å². The van der Waals surface area contributed by atoms with Gasteiger partial charge in [-0.15, -0.1) is 0 Å². The van der Waals surface area contributed by atoms with E-state index in [1.165, 1.54) is 0 Å². The molecule has 0 aliphatic carbocycles. The topological polar surface area (TPSA) is 81.5 Å². The van der Waals surface area contributed by atoms with Crippen molar-refractivity contribution >= 4 is 11.6 Å². The molecule has 1 aliphatic rings. The Bertz CT molecular complexity index is 559. The lowest BCUT2D eigenvalue weighted by atomic mass is 10.1. The number of nitrogens with one attached hydrogen (secondary N) is 1. The smallest absolute Gasteiger partial charge is 0.307 e. The van der Waals surface area contributed by atoms with Gasteiger partial charge in [0.05, 0.1) is 16.6 Å². The molecule has 1 saturated heterocycles. The zero-order chi connectivity index (χ0) is 15.4. The zero-order valence-corrected chi connectivity index (χ0v) is 11.1. The molecule has 1 amide bonds. The molecule has 1 heterocycles. The lowest BCUT2D eigenvalue weighted by molar-refractivity contribution is -0.387. The molecule has 1 aromatic rings. The van der Waals surface area contributed by atoms with Crippen molar-refractivity contribution in [3.8, 4) is 0 Å². The van der Waals surface area contributed by atoms with Gasteiger partial charge in [0.15, 0.2) is 0 Å². The Morgan fingerprint density at radius 3 is 2.81 bits per heavy atom. The fourth-order valence-corrected chi connectivity index (χ4v) is 2.15. The molecule has 114 valence electrons. The second kappa shape index (κ2) is 6.57. The van der Waals surface area contributed by atoms with Crippen molar-refractivity contribution in [3.63, 3.8) is 0 Å². The largest absolute Gasteiger partial charge is 0.381 e. The number of nitrogens with zero attached hydrogens (tertiary/aromatic N) is 1. The van der Waals surface area contributed by atoms with Crippen LogP contribution < -0.4 is 5.32 Å². The maximum atomic E-state index is 13.6. The zero-order valence-electron chi connectivity index (χ0n) is 11.1. The Hall–Kier alpha value is -2.09. The molecule has 1 fully saturated rings. The van der Waals surface area contributed by atoms with Crippen LogP contribution in [0.5, 0.6) is 0 Å². The minimum Gasteiger partial charge on any atom is -0.381 e. The summed E-state index contributed by atoms with van der Waals surface area (Å²) in [6, 6.07) is 0.955. The minimum atomic E-state index is -1.24. The summed E-state index contributed by atoms with van der Waals surface area (Å²) >= 11 is 0. The molecular formula is C13H14F2N2O4. The predicted molar refractivity (Wildman–Crippen MR) is 68.9 cm³/mol. The Kier molecular flexibility index (Phi) is 4.79. The fraction of sp³-hybridized carbons (Fsp3) is 0.462. The third-order valence-corrected chi connectivity index (χ3v) is 3.34. The lowest BCUT2D eigenvalue weighted by Crippen LogP contribution is -2.27. The van der Waals surface area contributed by atoms with Crippen LogP contribution in [0.2, 0.25) is 0 Å². The van der Waals surface area contributed by atoms with Crippen molar-refractivity contribution in [2.75, 3.05) is 19.8 Å². The van der Waals surface area contributed by atoms with E-state index in [2.05, 4.69) is 5.32 Å². The normalized spacial score (nSPS) is 17.7. The number of rotatable bonds is 5. The molecule has 0 aromatic heterocycles. The Labute approximate surface area is 119 Å². The Balaban J connectivity index is 1.98. The van der Waals surface area contributed by atoms with Gasteiger partial charge in [0.25, 0.3) is 5.91 Å². The van der Waals surface area contributed by atoms with Crippen molar-refractivity contribution in [1.29, 1.82) is 0 Å². The van der Waals surface area contributed by atoms with Crippen molar-refractivity contribution in [3.05, 3.63) is 39.4 Å². The summed E-state index contributed by atoms with van der Waals surface area (Å²) in [7, 11) is 0. The molecule has 6 nitrogen and oxygen atoms in total. The number of benzene rings is 1. The number of nitro groups is 1. The second-order valence-corrected chi connectivity index (χ2v) is 4.81. The third kappa shape index (κ3) is 3.72. The lowest BCUT2D eigenvalue weighted by Gasteiger charge is -2.09. The summed E-state index contributed by atoms with van der Waals surface area (Å²) in [6.45, 7) is 1.64. The number of ether oxygens (including phenoxy) is 1. The number of carbonyl (C=O) groups is 1. The standard InChI is InChI=1S/C13H14F2N2O4/c14-10-6-12(17(19)20)11(15)5-9(10)13(18)16-3-1-8-2-4-21-7-8/h5-6,8H,1-4,7H2,(H,16,18). The molecule has 0 radical (unpaired) electrons. The van der Waals surface area contributed by atoms with Gasteiger partial charge >= 0.3 is 5.69 Å². The maximum Gasteiger partial charge on any atom is 0.307 e. The first-order valence-electron chi connectivity index (χ1n) is 6.48. The summed E-state index contributed by atoms with van der Waals surface area (Å²) in [5.41, 5.74) is -1.53. The molecule has 0 bridgehead atoms. The Morgan fingerprint density at radius 1 is 1.43 bits per heavy atom. The molecule has 1 aliphatic heterocycles. The number of hydrogen-bond donors (Lipinski definition) is 1. The minimum absolute atomic E-state index is 0.310. The molecule has 8 heteroatoms. The number of carbonyl (C=O) groups excluding carboxylic acids is 1. The van der Waals surface area contributed by atoms with Crippen molar-refractivity contribution in [1.82, 2.24) is 5.32 Å². The van der Waals surface area contributed by atoms with Gasteiger partial charge in [0.1, 0.15) is 5.82 Å². The highest BCUT2D eigenvalue weighted by molar-refractivity contribution is 5.94. The first-order valence-corrected chi connectivity index (χ1v) is 6.48. The van der Waals surface area contributed by atoms with E-state index in [0.29, 0.717) is 44.2 Å². The van der Waals surface area contributed by atoms with Crippen LogP contribution in [0.25, 0.3) is 0 Å². The SMILES string of the molecule is O=C(NCCC1CCOC1)c1cc(F)c([N+](=O)[O-])cc1F. The molecule has 0 spiro atoms. The van der Waals surface area contributed by atoms with Crippen LogP contribution in [-0.4, -0.2) is 30.6 Å². The molecular weight excluding hydrogens is 286 g/mol. The van der Waals surface area contributed by atoms with E-state index in [0.717, 1.165) is 6.42 Å². The monoisotopic (exact) mass is 300 g/mol. The summed E-state index contributed by atoms with van der Waals surface area (Å²) < 4.78 is 32.2. The Morgan fingerprint density at radius 2 is 2.19 bits per heavy atom. The van der Waals surface area contributed by atoms with Gasteiger partial charge in [-0.3, -0.25) is 14.9 Å². The van der Waals surface area contributed by atoms with Gasteiger partial charge in [-0.1, -0.05) is 0 Å². The summed E-state index contributed by atoms with van der Waals surface area (Å²) in [4.78, 5) is 21.2. The number of hydrogen-bond acceptors (Lipinski definition) is 4. The molecule has 2 rings (SSSR count). The molecule has 1 unspecified atom stereocenters. The van der Waals surface area contributed by atoms with Crippen LogP contribution in [0.3, 0.4) is 0 Å². The van der Waals surface area contributed by atoms with E-state index in [-0.39, 0.29) is 0 Å². The molecule has 21 heavy (non-hydrogen) atoms. The van der Waals surface area contributed by atoms with Crippen molar-refractivity contribution < 1.29 is 23.2 Å². The number of halogens is 2. The number of nitro benzene ring substituents is 1. The first kappa shape index (κ1) is 15.3. The van der Waals surface area contributed by atoms with Crippen molar-refractivity contribution in [2.24, 2.45) is 5.92 Å². The van der Waals surface area contributed by atoms with Crippen LogP contribution in [0.1, 0.15) is 23.2 Å². The number of amides is 1.